The monoisotopic (exact) mass is 357 g/mol. The molecule has 6 heteroatoms. The molecule has 2 rings (SSSR count). The number of nitrogens with one attached hydrogen (secondary N) is 1. The van der Waals surface area contributed by atoms with E-state index in [9.17, 15) is 4.79 Å². The summed E-state index contributed by atoms with van der Waals surface area (Å²) >= 11 is 3.46. The molecule has 0 aliphatic carbocycles. The number of amides is 1. The van der Waals surface area contributed by atoms with Gasteiger partial charge in [0, 0.05) is 23.2 Å². The summed E-state index contributed by atoms with van der Waals surface area (Å²) in [5, 5.41) is 2.92. The third-order valence-electron chi connectivity index (χ3n) is 3.19. The van der Waals surface area contributed by atoms with Crippen LogP contribution >= 0.6 is 15.9 Å². The smallest absolute Gasteiger partial charge is 0.229 e. The summed E-state index contributed by atoms with van der Waals surface area (Å²) in [6, 6.07) is 3.60. The maximum Gasteiger partial charge on any atom is 0.229 e. The highest BCUT2D eigenvalue weighted by Gasteiger charge is 2.24. The van der Waals surface area contributed by atoms with Crippen molar-refractivity contribution < 1.29 is 19.0 Å². The lowest BCUT2D eigenvalue weighted by Crippen LogP contribution is -2.23. The standard InChI is InChI=1S/C15H20BrNO4/c1-3-20-13-7-11(16)12(8-14(13)21-4-2)17-15(18)10-5-6-19-9-10/h7-8,10H,3-6,9H2,1-2H3,(H,17,18). The number of halogens is 1. The van der Waals surface area contributed by atoms with Gasteiger partial charge in [-0.15, -0.1) is 0 Å². The number of anilines is 1. The van der Waals surface area contributed by atoms with Crippen LogP contribution in [-0.4, -0.2) is 32.3 Å². The Kier molecular flexibility index (Phi) is 5.87. The lowest BCUT2D eigenvalue weighted by molar-refractivity contribution is -0.119. The van der Waals surface area contributed by atoms with Crippen molar-refractivity contribution in [1.82, 2.24) is 0 Å². The van der Waals surface area contributed by atoms with Crippen LogP contribution < -0.4 is 14.8 Å². The van der Waals surface area contributed by atoms with Crippen LogP contribution in [0.1, 0.15) is 20.3 Å². The topological polar surface area (TPSA) is 56.8 Å². The van der Waals surface area contributed by atoms with Crippen molar-refractivity contribution in [3.63, 3.8) is 0 Å². The van der Waals surface area contributed by atoms with Crippen LogP contribution in [0.5, 0.6) is 11.5 Å². The molecule has 1 saturated heterocycles. The molecule has 1 unspecified atom stereocenters. The van der Waals surface area contributed by atoms with Gasteiger partial charge >= 0.3 is 0 Å². The molecule has 116 valence electrons. The van der Waals surface area contributed by atoms with Crippen LogP contribution in [0.2, 0.25) is 0 Å². The summed E-state index contributed by atoms with van der Waals surface area (Å²) in [4.78, 5) is 12.2. The van der Waals surface area contributed by atoms with Gasteiger partial charge in [0.05, 0.1) is 31.4 Å². The molecule has 0 radical (unpaired) electrons. The molecule has 5 nitrogen and oxygen atoms in total. The SMILES string of the molecule is CCOc1cc(Br)c(NC(=O)C2CCOC2)cc1OCC. The lowest BCUT2D eigenvalue weighted by atomic mass is 10.1. The highest BCUT2D eigenvalue weighted by Crippen LogP contribution is 2.37. The van der Waals surface area contributed by atoms with Crippen LogP contribution in [-0.2, 0) is 9.53 Å². The second-order valence-electron chi connectivity index (χ2n) is 4.69. The summed E-state index contributed by atoms with van der Waals surface area (Å²) in [7, 11) is 0. The normalized spacial score (nSPS) is 17.6. The Labute approximate surface area is 133 Å². The van der Waals surface area contributed by atoms with Gasteiger partial charge in [0.15, 0.2) is 11.5 Å². The lowest BCUT2D eigenvalue weighted by Gasteiger charge is -2.16. The summed E-state index contributed by atoms with van der Waals surface area (Å²) < 4.78 is 17.1. The van der Waals surface area contributed by atoms with Crippen molar-refractivity contribution in [3.8, 4) is 11.5 Å². The maximum atomic E-state index is 12.2. The van der Waals surface area contributed by atoms with Crippen molar-refractivity contribution in [2.45, 2.75) is 20.3 Å². The molecule has 1 heterocycles. The van der Waals surface area contributed by atoms with E-state index in [0.717, 1.165) is 10.9 Å². The fraction of sp³-hybridized carbons (Fsp3) is 0.533. The van der Waals surface area contributed by atoms with Gasteiger partial charge in [0.25, 0.3) is 0 Å². The van der Waals surface area contributed by atoms with Gasteiger partial charge in [-0.3, -0.25) is 4.79 Å². The first-order valence-corrected chi connectivity index (χ1v) is 7.92. The predicted molar refractivity (Wildman–Crippen MR) is 84.0 cm³/mol. The van der Waals surface area contributed by atoms with Crippen LogP contribution in [0.15, 0.2) is 16.6 Å². The van der Waals surface area contributed by atoms with Gasteiger partial charge in [0.2, 0.25) is 5.91 Å². The van der Waals surface area contributed by atoms with E-state index in [4.69, 9.17) is 14.2 Å². The Bertz CT molecular complexity index is 501. The number of carbonyl (C=O) groups is 1. The molecule has 1 atom stereocenters. The molecule has 21 heavy (non-hydrogen) atoms. The zero-order valence-electron chi connectivity index (χ0n) is 12.3. The zero-order valence-corrected chi connectivity index (χ0v) is 13.9. The molecule has 1 fully saturated rings. The molecule has 0 bridgehead atoms. The average molecular weight is 358 g/mol. The van der Waals surface area contributed by atoms with Crippen LogP contribution in [0, 0.1) is 5.92 Å². The summed E-state index contributed by atoms with van der Waals surface area (Å²) in [5.74, 6) is 1.17. The first-order chi connectivity index (χ1) is 10.2. The average Bonchev–Trinajstić information content (AvgIpc) is 2.98. The van der Waals surface area contributed by atoms with Gasteiger partial charge in [-0.05, 0) is 36.2 Å². The number of rotatable bonds is 6. The highest BCUT2D eigenvalue weighted by molar-refractivity contribution is 9.10. The number of hydrogen-bond acceptors (Lipinski definition) is 4. The molecule has 0 spiro atoms. The largest absolute Gasteiger partial charge is 0.490 e. The van der Waals surface area contributed by atoms with Gasteiger partial charge in [-0.1, -0.05) is 0 Å². The van der Waals surface area contributed by atoms with Crippen LogP contribution in [0.3, 0.4) is 0 Å². The van der Waals surface area contributed by atoms with E-state index in [1.54, 1.807) is 6.07 Å². The third-order valence-corrected chi connectivity index (χ3v) is 3.85. The van der Waals surface area contributed by atoms with Crippen molar-refractivity contribution in [2.75, 3.05) is 31.7 Å². The van der Waals surface area contributed by atoms with Crippen molar-refractivity contribution in [3.05, 3.63) is 16.6 Å². The first kappa shape index (κ1) is 16.1. The number of hydrogen-bond donors (Lipinski definition) is 1. The second kappa shape index (κ2) is 7.66. The minimum atomic E-state index is -0.0842. The molecule has 1 aliphatic heterocycles. The second-order valence-corrected chi connectivity index (χ2v) is 5.55. The highest BCUT2D eigenvalue weighted by atomic mass is 79.9. The van der Waals surface area contributed by atoms with E-state index in [0.29, 0.717) is 43.6 Å². The van der Waals surface area contributed by atoms with E-state index in [1.807, 2.05) is 19.9 Å². The van der Waals surface area contributed by atoms with E-state index < -0.39 is 0 Å². The first-order valence-electron chi connectivity index (χ1n) is 7.13. The van der Waals surface area contributed by atoms with Gasteiger partial charge < -0.3 is 19.5 Å². The zero-order chi connectivity index (χ0) is 15.2. The molecule has 1 amide bonds. The van der Waals surface area contributed by atoms with E-state index in [2.05, 4.69) is 21.2 Å². The quantitative estimate of drug-likeness (QED) is 0.848. The number of carbonyl (C=O) groups excluding carboxylic acids is 1. The van der Waals surface area contributed by atoms with E-state index in [1.165, 1.54) is 0 Å². The molecule has 1 aromatic rings. The van der Waals surface area contributed by atoms with Crippen molar-refractivity contribution in [1.29, 1.82) is 0 Å². The molecular formula is C15H20BrNO4. The predicted octanol–water partition coefficient (Wildman–Crippen LogP) is 3.22. The Morgan fingerprint density at radius 2 is 2.00 bits per heavy atom. The van der Waals surface area contributed by atoms with E-state index in [-0.39, 0.29) is 11.8 Å². The van der Waals surface area contributed by atoms with Gasteiger partial charge in [0.1, 0.15) is 0 Å². The minimum absolute atomic E-state index is 0.0280. The molecule has 0 saturated carbocycles. The molecule has 1 aliphatic rings. The Hall–Kier alpha value is -1.27. The van der Waals surface area contributed by atoms with Gasteiger partial charge in [-0.2, -0.15) is 0 Å². The minimum Gasteiger partial charge on any atom is -0.490 e. The Morgan fingerprint density at radius 3 is 2.57 bits per heavy atom. The number of ether oxygens (including phenoxy) is 3. The Balaban J connectivity index is 2.17. The maximum absolute atomic E-state index is 12.2. The fourth-order valence-electron chi connectivity index (χ4n) is 2.14. The molecular weight excluding hydrogens is 338 g/mol. The summed E-state index contributed by atoms with van der Waals surface area (Å²) in [6.07, 6.45) is 0.763. The third kappa shape index (κ3) is 4.11. The van der Waals surface area contributed by atoms with Crippen molar-refractivity contribution in [2.24, 2.45) is 5.92 Å². The van der Waals surface area contributed by atoms with Crippen molar-refractivity contribution >= 4 is 27.5 Å². The molecule has 1 aromatic carbocycles. The van der Waals surface area contributed by atoms with Crippen LogP contribution in [0.25, 0.3) is 0 Å². The van der Waals surface area contributed by atoms with Crippen LogP contribution in [0.4, 0.5) is 5.69 Å². The molecule has 0 aromatic heterocycles. The summed E-state index contributed by atoms with van der Waals surface area (Å²) in [6.45, 7) is 6.04. The number of benzene rings is 1. The van der Waals surface area contributed by atoms with Gasteiger partial charge in [-0.25, -0.2) is 0 Å². The fourth-order valence-corrected chi connectivity index (χ4v) is 2.57. The molecule has 1 N–H and O–H groups in total. The Morgan fingerprint density at radius 1 is 1.33 bits per heavy atom. The summed E-state index contributed by atoms with van der Waals surface area (Å²) in [5.41, 5.74) is 0.679. The van der Waals surface area contributed by atoms with E-state index >= 15 is 0 Å².